The van der Waals surface area contributed by atoms with Crippen molar-refractivity contribution in [3.05, 3.63) is 12.4 Å². The van der Waals surface area contributed by atoms with Gasteiger partial charge in [-0.1, -0.05) is 20.8 Å². The van der Waals surface area contributed by atoms with Crippen molar-refractivity contribution in [3.8, 4) is 0 Å². The van der Waals surface area contributed by atoms with E-state index in [0.717, 1.165) is 18.2 Å². The fraction of sp³-hybridized carbons (Fsp3) is 0.667. The lowest BCUT2D eigenvalue weighted by Gasteiger charge is -2.20. The lowest BCUT2D eigenvalue weighted by molar-refractivity contribution is 0.304. The van der Waals surface area contributed by atoms with Crippen LogP contribution in [0.3, 0.4) is 0 Å². The molecule has 0 fully saturated rings. The molecule has 5 nitrogen and oxygen atoms in total. The number of likely N-dealkylation sites (N-methyl/N-ethyl adjacent to an activating group) is 1. The highest BCUT2D eigenvalue weighted by atomic mass is 16.3. The molecule has 1 aromatic rings. The highest BCUT2D eigenvalue weighted by Gasteiger charge is 2.10. The van der Waals surface area contributed by atoms with Crippen molar-refractivity contribution in [1.82, 2.24) is 9.97 Å². The van der Waals surface area contributed by atoms with Crippen LogP contribution in [0.5, 0.6) is 0 Å². The van der Waals surface area contributed by atoms with Gasteiger partial charge < -0.3 is 15.3 Å². The van der Waals surface area contributed by atoms with Crippen LogP contribution in [0.2, 0.25) is 0 Å². The standard InChI is InChI=1S/C12H22N4O/c1-12(2,3)8-13-10-7-11(15-9-14-10)16(4)5-6-17/h7,9,17H,5-6,8H2,1-4H3,(H,13,14,15). The Morgan fingerprint density at radius 3 is 2.65 bits per heavy atom. The maximum Gasteiger partial charge on any atom is 0.133 e. The summed E-state index contributed by atoms with van der Waals surface area (Å²) in [6.45, 7) is 8.04. The first-order valence-electron chi connectivity index (χ1n) is 5.80. The summed E-state index contributed by atoms with van der Waals surface area (Å²) < 4.78 is 0. The second-order valence-electron chi connectivity index (χ2n) is 5.32. The minimum atomic E-state index is 0.116. The largest absolute Gasteiger partial charge is 0.395 e. The number of anilines is 2. The Balaban J connectivity index is 2.66. The van der Waals surface area contributed by atoms with Crippen molar-refractivity contribution in [2.45, 2.75) is 20.8 Å². The smallest absolute Gasteiger partial charge is 0.133 e. The SMILES string of the molecule is CN(CCO)c1cc(NCC(C)(C)C)ncn1. The van der Waals surface area contributed by atoms with Crippen molar-refractivity contribution in [2.75, 3.05) is 37.0 Å². The maximum absolute atomic E-state index is 8.88. The number of rotatable bonds is 5. The van der Waals surface area contributed by atoms with E-state index in [2.05, 4.69) is 36.1 Å². The average Bonchev–Trinajstić information content (AvgIpc) is 2.26. The third-order valence-corrected chi connectivity index (χ3v) is 2.28. The molecule has 0 spiro atoms. The zero-order valence-corrected chi connectivity index (χ0v) is 11.1. The molecule has 0 aromatic carbocycles. The molecule has 17 heavy (non-hydrogen) atoms. The zero-order valence-electron chi connectivity index (χ0n) is 11.1. The molecule has 0 saturated heterocycles. The van der Waals surface area contributed by atoms with Crippen molar-refractivity contribution in [2.24, 2.45) is 5.41 Å². The van der Waals surface area contributed by atoms with Crippen LogP contribution in [0.1, 0.15) is 20.8 Å². The highest BCUT2D eigenvalue weighted by molar-refractivity contribution is 5.47. The number of aliphatic hydroxyl groups is 1. The first kappa shape index (κ1) is 13.7. The van der Waals surface area contributed by atoms with Crippen molar-refractivity contribution in [1.29, 1.82) is 0 Å². The van der Waals surface area contributed by atoms with Gasteiger partial charge in [-0.2, -0.15) is 0 Å². The zero-order chi connectivity index (χ0) is 12.9. The maximum atomic E-state index is 8.88. The Morgan fingerprint density at radius 2 is 2.06 bits per heavy atom. The summed E-state index contributed by atoms with van der Waals surface area (Å²) >= 11 is 0. The Kier molecular flexibility index (Phi) is 4.69. The highest BCUT2D eigenvalue weighted by Crippen LogP contribution is 2.16. The van der Waals surface area contributed by atoms with E-state index < -0.39 is 0 Å². The van der Waals surface area contributed by atoms with Gasteiger partial charge >= 0.3 is 0 Å². The Hall–Kier alpha value is -1.36. The fourth-order valence-corrected chi connectivity index (χ4v) is 1.27. The topological polar surface area (TPSA) is 61.3 Å². The lowest BCUT2D eigenvalue weighted by Crippen LogP contribution is -2.23. The van der Waals surface area contributed by atoms with E-state index in [9.17, 15) is 0 Å². The molecule has 0 aliphatic carbocycles. The first-order valence-corrected chi connectivity index (χ1v) is 5.80. The number of hydrogen-bond donors (Lipinski definition) is 2. The first-order chi connectivity index (χ1) is 7.92. The predicted molar refractivity (Wildman–Crippen MR) is 70.3 cm³/mol. The minimum Gasteiger partial charge on any atom is -0.395 e. The van der Waals surface area contributed by atoms with E-state index >= 15 is 0 Å². The summed E-state index contributed by atoms with van der Waals surface area (Å²) in [6.07, 6.45) is 1.54. The molecule has 0 amide bonds. The van der Waals surface area contributed by atoms with Crippen LogP contribution in [-0.4, -0.2) is 41.8 Å². The molecule has 0 radical (unpaired) electrons. The van der Waals surface area contributed by atoms with E-state index in [0.29, 0.717) is 6.54 Å². The van der Waals surface area contributed by atoms with E-state index in [4.69, 9.17) is 5.11 Å². The molecule has 1 aromatic heterocycles. The molecule has 2 N–H and O–H groups in total. The summed E-state index contributed by atoms with van der Waals surface area (Å²) in [5, 5.41) is 12.2. The molecular weight excluding hydrogens is 216 g/mol. The molecule has 0 unspecified atom stereocenters. The number of nitrogens with zero attached hydrogens (tertiary/aromatic N) is 3. The summed E-state index contributed by atoms with van der Waals surface area (Å²) in [5.41, 5.74) is 0.210. The molecule has 0 aliphatic rings. The average molecular weight is 238 g/mol. The molecule has 96 valence electrons. The van der Waals surface area contributed by atoms with E-state index in [-0.39, 0.29) is 12.0 Å². The Labute approximate surface area is 103 Å². The third kappa shape index (κ3) is 4.99. The van der Waals surface area contributed by atoms with Crippen molar-refractivity contribution < 1.29 is 5.11 Å². The van der Waals surface area contributed by atoms with E-state index in [1.165, 1.54) is 6.33 Å². The summed E-state index contributed by atoms with van der Waals surface area (Å²) in [6, 6.07) is 1.89. The van der Waals surface area contributed by atoms with Gasteiger partial charge in [0.25, 0.3) is 0 Å². The monoisotopic (exact) mass is 238 g/mol. The van der Waals surface area contributed by atoms with Gasteiger partial charge in [-0.15, -0.1) is 0 Å². The van der Waals surface area contributed by atoms with E-state index in [1.54, 1.807) is 0 Å². The molecule has 1 rings (SSSR count). The quantitative estimate of drug-likeness (QED) is 0.811. The van der Waals surface area contributed by atoms with Gasteiger partial charge in [0.2, 0.25) is 0 Å². The van der Waals surface area contributed by atoms with E-state index in [1.807, 2.05) is 18.0 Å². The predicted octanol–water partition coefficient (Wildman–Crippen LogP) is 1.36. The molecule has 0 atom stereocenters. The minimum absolute atomic E-state index is 0.116. The number of aromatic nitrogens is 2. The van der Waals surface area contributed by atoms with Crippen molar-refractivity contribution >= 4 is 11.6 Å². The van der Waals surface area contributed by atoms with Crippen LogP contribution in [0.25, 0.3) is 0 Å². The third-order valence-electron chi connectivity index (χ3n) is 2.28. The van der Waals surface area contributed by atoms with Gasteiger partial charge in [0.15, 0.2) is 0 Å². The fourth-order valence-electron chi connectivity index (χ4n) is 1.27. The van der Waals surface area contributed by atoms with Gasteiger partial charge in [0.05, 0.1) is 6.61 Å². The number of aliphatic hydroxyl groups excluding tert-OH is 1. The normalized spacial score (nSPS) is 11.4. The van der Waals surface area contributed by atoms with Gasteiger partial charge in [0.1, 0.15) is 18.0 Å². The molecule has 0 aliphatic heterocycles. The number of hydrogen-bond acceptors (Lipinski definition) is 5. The molecule has 1 heterocycles. The molecule has 0 bridgehead atoms. The van der Waals surface area contributed by atoms with Crippen LogP contribution in [0.4, 0.5) is 11.6 Å². The Bertz CT molecular complexity index is 349. The van der Waals surface area contributed by atoms with Gasteiger partial charge in [-0.3, -0.25) is 0 Å². The Morgan fingerprint density at radius 1 is 1.35 bits per heavy atom. The molecule has 0 saturated carbocycles. The van der Waals surface area contributed by atoms with Crippen LogP contribution in [0, 0.1) is 5.41 Å². The second kappa shape index (κ2) is 5.82. The summed E-state index contributed by atoms with van der Waals surface area (Å²) in [4.78, 5) is 10.2. The second-order valence-corrected chi connectivity index (χ2v) is 5.32. The molecular formula is C12H22N4O. The summed E-state index contributed by atoms with van der Waals surface area (Å²) in [7, 11) is 1.89. The van der Waals surface area contributed by atoms with Crippen molar-refractivity contribution in [3.63, 3.8) is 0 Å². The molecule has 5 heteroatoms. The number of nitrogens with one attached hydrogen (secondary N) is 1. The van der Waals surface area contributed by atoms with Crippen LogP contribution < -0.4 is 10.2 Å². The summed E-state index contributed by atoms with van der Waals surface area (Å²) in [5.74, 6) is 1.63. The van der Waals surface area contributed by atoms with Crippen LogP contribution in [0.15, 0.2) is 12.4 Å². The van der Waals surface area contributed by atoms with Gasteiger partial charge in [-0.25, -0.2) is 9.97 Å². The van der Waals surface area contributed by atoms with Gasteiger partial charge in [-0.05, 0) is 5.41 Å². The van der Waals surface area contributed by atoms with Crippen LogP contribution in [-0.2, 0) is 0 Å². The van der Waals surface area contributed by atoms with Gasteiger partial charge in [0, 0.05) is 26.2 Å². The van der Waals surface area contributed by atoms with Crippen LogP contribution >= 0.6 is 0 Å². The lowest BCUT2D eigenvalue weighted by atomic mass is 9.97.